The van der Waals surface area contributed by atoms with Crippen molar-refractivity contribution in [1.82, 2.24) is 0 Å². The van der Waals surface area contributed by atoms with Gasteiger partial charge in [0, 0.05) is 22.5 Å². The van der Waals surface area contributed by atoms with Gasteiger partial charge in [0.05, 0.1) is 23.3 Å². The van der Waals surface area contributed by atoms with E-state index in [0.29, 0.717) is 11.1 Å². The van der Waals surface area contributed by atoms with Crippen LogP contribution in [0.25, 0.3) is 23.3 Å². The van der Waals surface area contributed by atoms with Gasteiger partial charge in [0.2, 0.25) is 6.71 Å². The van der Waals surface area contributed by atoms with Crippen molar-refractivity contribution in [2.24, 2.45) is 0 Å². The molecule has 0 atom stereocenters. The highest BCUT2D eigenvalue weighted by molar-refractivity contribution is 6.95. The fourth-order valence-electron chi connectivity index (χ4n) is 7.90. The maximum Gasteiger partial charge on any atom is 0.241 e. The van der Waals surface area contributed by atoms with E-state index in [0.717, 1.165) is 39.1 Å². The van der Waals surface area contributed by atoms with E-state index in [1.807, 2.05) is 48.5 Å². The van der Waals surface area contributed by atoms with Crippen molar-refractivity contribution in [3.8, 4) is 23.3 Å². The molecule has 4 heteroatoms. The van der Waals surface area contributed by atoms with Crippen LogP contribution in [0, 0.1) is 36.5 Å². The number of rotatable bonds is 8. The summed E-state index contributed by atoms with van der Waals surface area (Å²) in [5, 5.41) is 18.9. The lowest BCUT2D eigenvalue weighted by atomic mass is 9.36. The Kier molecular flexibility index (Phi) is 9.28. The summed E-state index contributed by atoms with van der Waals surface area (Å²) in [5.41, 5.74) is 17.8. The zero-order valence-corrected chi connectivity index (χ0v) is 31.6. The molecular weight excluding hydrogens is 665 g/mol. The maximum absolute atomic E-state index is 9.45. The Labute approximate surface area is 325 Å². The monoisotopic (exact) mass is 705 g/mol. The van der Waals surface area contributed by atoms with Gasteiger partial charge in [-0.2, -0.15) is 10.5 Å². The molecule has 7 aromatic rings. The molecule has 3 nitrogen and oxygen atoms in total. The minimum absolute atomic E-state index is 0.0453. The van der Waals surface area contributed by atoms with Crippen LogP contribution in [0.4, 0.5) is 17.1 Å². The van der Waals surface area contributed by atoms with Gasteiger partial charge in [-0.05, 0) is 108 Å². The molecule has 55 heavy (non-hydrogen) atoms. The van der Waals surface area contributed by atoms with E-state index >= 15 is 0 Å². The van der Waals surface area contributed by atoms with Crippen molar-refractivity contribution in [3.63, 3.8) is 0 Å². The van der Waals surface area contributed by atoms with Crippen LogP contribution in [0.3, 0.4) is 0 Å². The van der Waals surface area contributed by atoms with Gasteiger partial charge in [-0.1, -0.05) is 151 Å². The fraction of sp³-hybridized carbons (Fsp3) is 0.0980. The molecule has 0 fully saturated rings. The van der Waals surface area contributed by atoms with Crippen molar-refractivity contribution >= 4 is 52.3 Å². The van der Waals surface area contributed by atoms with Crippen LogP contribution >= 0.6 is 0 Å². The molecule has 7 aromatic carbocycles. The first-order valence-electron chi connectivity index (χ1n) is 18.7. The van der Waals surface area contributed by atoms with Crippen LogP contribution in [-0.2, 0) is 5.41 Å². The van der Waals surface area contributed by atoms with E-state index in [-0.39, 0.29) is 12.1 Å². The third kappa shape index (κ3) is 6.88. The molecule has 0 saturated carbocycles. The second-order valence-corrected chi connectivity index (χ2v) is 15.1. The van der Waals surface area contributed by atoms with E-state index in [4.69, 9.17) is 0 Å². The number of aryl methyl sites for hydroxylation is 2. The summed E-state index contributed by atoms with van der Waals surface area (Å²) in [5.74, 6) is 0. The molecule has 1 aliphatic rings. The van der Waals surface area contributed by atoms with Crippen LogP contribution in [-0.4, -0.2) is 6.71 Å². The van der Waals surface area contributed by atoms with Crippen LogP contribution in [0.1, 0.15) is 58.4 Å². The van der Waals surface area contributed by atoms with Crippen LogP contribution in [0.2, 0.25) is 0 Å². The van der Waals surface area contributed by atoms with E-state index in [1.165, 1.54) is 38.8 Å². The number of anilines is 3. The molecule has 0 radical (unpaired) electrons. The van der Waals surface area contributed by atoms with Crippen molar-refractivity contribution in [3.05, 3.63) is 202 Å². The summed E-state index contributed by atoms with van der Waals surface area (Å²) in [6.07, 6.45) is 4.41. The Balaban J connectivity index is 1.08. The minimum atomic E-state index is -0.207. The van der Waals surface area contributed by atoms with Gasteiger partial charge in [-0.25, -0.2) is 0 Å². The van der Waals surface area contributed by atoms with Crippen molar-refractivity contribution < 1.29 is 0 Å². The van der Waals surface area contributed by atoms with Crippen molar-refractivity contribution in [1.29, 1.82) is 10.5 Å². The summed E-state index contributed by atoms with van der Waals surface area (Å²) < 4.78 is 0. The maximum atomic E-state index is 9.45. The quantitative estimate of drug-likeness (QED) is 0.117. The number of hydrogen-bond acceptors (Lipinski definition) is 3. The Morgan fingerprint density at radius 3 is 1.36 bits per heavy atom. The number of benzene rings is 7. The summed E-state index contributed by atoms with van der Waals surface area (Å²) in [6.45, 7) is 8.83. The number of nitriles is 2. The summed E-state index contributed by atoms with van der Waals surface area (Å²) in [7, 11) is 0. The van der Waals surface area contributed by atoms with Gasteiger partial charge < -0.3 is 4.90 Å². The average molecular weight is 706 g/mol. The molecule has 1 aliphatic carbocycles. The van der Waals surface area contributed by atoms with Gasteiger partial charge in [0.1, 0.15) is 0 Å². The van der Waals surface area contributed by atoms with E-state index in [1.54, 1.807) is 0 Å². The van der Waals surface area contributed by atoms with E-state index in [9.17, 15) is 10.5 Å². The second kappa shape index (κ2) is 14.5. The molecule has 0 unspecified atom stereocenters. The standard InChI is InChI=1S/C51H40BN3/c1-35-5-23-44(24-6-35)55(45-25-7-36(2)8-26-45)46-27-15-37(16-28-46)9-10-38-17-29-47-48-30-22-43(32-50(48)51(3,4)49(47)31-38)52(41-18-11-39(33-53)12-19-41)42-20-13-40(34-54)14-21-42/h5-32H,1-4H3/b10-9+. The van der Waals surface area contributed by atoms with Gasteiger partial charge in [0.25, 0.3) is 0 Å². The average Bonchev–Trinajstić information content (AvgIpc) is 3.44. The van der Waals surface area contributed by atoms with Gasteiger partial charge in [-0.3, -0.25) is 0 Å². The van der Waals surface area contributed by atoms with E-state index in [2.05, 4.69) is 166 Å². The third-order valence-electron chi connectivity index (χ3n) is 11.0. The third-order valence-corrected chi connectivity index (χ3v) is 11.0. The number of hydrogen-bond donors (Lipinski definition) is 0. The number of fused-ring (bicyclic) bond motifs is 3. The summed E-state index contributed by atoms with van der Waals surface area (Å²) in [6, 6.07) is 60.0. The predicted octanol–water partition coefficient (Wildman–Crippen LogP) is 10.5. The minimum Gasteiger partial charge on any atom is -0.311 e. The van der Waals surface area contributed by atoms with Gasteiger partial charge in [-0.15, -0.1) is 0 Å². The number of nitrogens with zero attached hydrogens (tertiary/aromatic N) is 3. The highest BCUT2D eigenvalue weighted by atomic mass is 15.1. The molecule has 0 heterocycles. The molecule has 262 valence electrons. The first-order valence-corrected chi connectivity index (χ1v) is 18.7. The molecule has 0 bridgehead atoms. The largest absolute Gasteiger partial charge is 0.311 e. The first-order chi connectivity index (χ1) is 26.7. The molecule has 0 spiro atoms. The predicted molar refractivity (Wildman–Crippen MR) is 231 cm³/mol. The molecule has 8 rings (SSSR count). The zero-order chi connectivity index (χ0) is 38.1. The van der Waals surface area contributed by atoms with Crippen molar-refractivity contribution in [2.75, 3.05) is 4.90 Å². The molecule has 0 aliphatic heterocycles. The topological polar surface area (TPSA) is 50.8 Å². The highest BCUT2D eigenvalue weighted by Gasteiger charge is 2.36. The molecule has 0 amide bonds. The highest BCUT2D eigenvalue weighted by Crippen LogP contribution is 2.48. The van der Waals surface area contributed by atoms with E-state index < -0.39 is 0 Å². The van der Waals surface area contributed by atoms with Crippen molar-refractivity contribution in [2.45, 2.75) is 33.1 Å². The normalized spacial score (nSPS) is 12.4. The lowest BCUT2D eigenvalue weighted by Gasteiger charge is -2.26. The molecule has 0 aromatic heterocycles. The molecular formula is C51H40BN3. The van der Waals surface area contributed by atoms with Crippen LogP contribution < -0.4 is 21.3 Å². The summed E-state index contributed by atoms with van der Waals surface area (Å²) in [4.78, 5) is 2.30. The molecule has 0 N–H and O–H groups in total. The Hall–Kier alpha value is -6.88. The van der Waals surface area contributed by atoms with Crippen LogP contribution in [0.5, 0.6) is 0 Å². The van der Waals surface area contributed by atoms with Gasteiger partial charge >= 0.3 is 0 Å². The fourth-order valence-corrected chi connectivity index (χ4v) is 7.90. The lowest BCUT2D eigenvalue weighted by molar-refractivity contribution is 0.660. The Morgan fingerprint density at radius 2 is 0.873 bits per heavy atom. The molecule has 0 saturated heterocycles. The van der Waals surface area contributed by atoms with Crippen LogP contribution in [0.15, 0.2) is 158 Å². The zero-order valence-electron chi connectivity index (χ0n) is 31.6. The Morgan fingerprint density at radius 1 is 0.473 bits per heavy atom. The summed E-state index contributed by atoms with van der Waals surface area (Å²) >= 11 is 0. The Bertz CT molecular complexity index is 2520. The SMILES string of the molecule is Cc1ccc(N(c2ccc(C)cc2)c2ccc(/C=C/c3ccc4c(c3)C(C)(C)c3cc(B(c5ccc(C#N)cc5)c5ccc(C#N)cc5)ccc3-4)cc2)cc1. The second-order valence-electron chi connectivity index (χ2n) is 15.1. The van der Waals surface area contributed by atoms with Gasteiger partial charge in [0.15, 0.2) is 0 Å². The lowest BCUT2D eigenvalue weighted by Crippen LogP contribution is -2.52. The first kappa shape index (κ1) is 35.2. The smallest absolute Gasteiger partial charge is 0.241 e.